The fraction of sp³-hybridized carbons (Fsp3) is 0.400. The molecule has 3 heterocycles. The summed E-state index contributed by atoms with van der Waals surface area (Å²) >= 11 is 2.85. The van der Waals surface area contributed by atoms with Crippen molar-refractivity contribution in [3.63, 3.8) is 0 Å². The van der Waals surface area contributed by atoms with Crippen LogP contribution in [-0.4, -0.2) is 57.7 Å². The van der Waals surface area contributed by atoms with Crippen LogP contribution in [0.1, 0.15) is 29.7 Å². The number of hydrogen-bond acceptors (Lipinski definition) is 8. The summed E-state index contributed by atoms with van der Waals surface area (Å²) in [6.45, 7) is 3.45. The van der Waals surface area contributed by atoms with E-state index < -0.39 is 10.0 Å². The fourth-order valence-electron chi connectivity index (χ4n) is 3.42. The number of nitrogens with one attached hydrogen (secondary N) is 1. The van der Waals surface area contributed by atoms with Gasteiger partial charge in [0.1, 0.15) is 0 Å². The average molecular weight is 493 g/mol. The monoisotopic (exact) mass is 492 g/mol. The lowest BCUT2D eigenvalue weighted by atomic mass is 10.2. The highest BCUT2D eigenvalue weighted by atomic mass is 32.2. The van der Waals surface area contributed by atoms with Gasteiger partial charge in [-0.05, 0) is 59.3 Å². The molecule has 9 nitrogen and oxygen atoms in total. The van der Waals surface area contributed by atoms with Crippen molar-refractivity contribution in [1.29, 1.82) is 0 Å². The van der Waals surface area contributed by atoms with Crippen molar-refractivity contribution in [3.05, 3.63) is 46.2 Å². The molecular weight excluding hydrogens is 468 g/mol. The first-order valence-electron chi connectivity index (χ1n) is 10.3. The van der Waals surface area contributed by atoms with Gasteiger partial charge in [-0.25, -0.2) is 13.1 Å². The first-order valence-corrected chi connectivity index (χ1v) is 13.6. The number of tetrazole rings is 1. The predicted molar refractivity (Wildman–Crippen MR) is 124 cm³/mol. The van der Waals surface area contributed by atoms with Crippen molar-refractivity contribution >= 4 is 44.7 Å². The minimum atomic E-state index is -3.57. The van der Waals surface area contributed by atoms with Gasteiger partial charge in [0.15, 0.2) is 0 Å². The Morgan fingerprint density at radius 2 is 2.03 bits per heavy atom. The Kier molecular flexibility index (Phi) is 7.23. The van der Waals surface area contributed by atoms with Crippen LogP contribution >= 0.6 is 23.1 Å². The van der Waals surface area contributed by atoms with Crippen molar-refractivity contribution in [2.45, 2.75) is 42.8 Å². The van der Waals surface area contributed by atoms with E-state index in [0.29, 0.717) is 30.5 Å². The molecule has 0 saturated carbocycles. The summed E-state index contributed by atoms with van der Waals surface area (Å²) in [7, 11) is -3.57. The van der Waals surface area contributed by atoms with Crippen LogP contribution in [0, 0.1) is 6.92 Å². The van der Waals surface area contributed by atoms with Gasteiger partial charge in [-0.2, -0.15) is 4.31 Å². The predicted octanol–water partition coefficient (Wildman–Crippen LogP) is 3.00. The Morgan fingerprint density at radius 3 is 2.78 bits per heavy atom. The summed E-state index contributed by atoms with van der Waals surface area (Å²) in [5.41, 5.74) is 1.29. The molecule has 0 radical (unpaired) electrons. The molecule has 0 atom stereocenters. The van der Waals surface area contributed by atoms with Crippen molar-refractivity contribution in [2.75, 3.05) is 24.2 Å². The van der Waals surface area contributed by atoms with Crippen molar-refractivity contribution in [1.82, 2.24) is 24.5 Å². The number of piperidine rings is 1. The Hall–Kier alpha value is -2.28. The van der Waals surface area contributed by atoms with Gasteiger partial charge in [-0.3, -0.25) is 4.79 Å². The van der Waals surface area contributed by atoms with Gasteiger partial charge in [0, 0.05) is 23.7 Å². The highest BCUT2D eigenvalue weighted by Gasteiger charge is 2.26. The van der Waals surface area contributed by atoms with Crippen molar-refractivity contribution < 1.29 is 13.2 Å². The molecule has 4 rings (SSSR count). The first-order chi connectivity index (χ1) is 15.4. The van der Waals surface area contributed by atoms with E-state index in [-0.39, 0.29) is 16.6 Å². The van der Waals surface area contributed by atoms with Crippen LogP contribution in [0.4, 0.5) is 5.69 Å². The number of rotatable bonds is 8. The molecule has 0 bridgehead atoms. The highest BCUT2D eigenvalue weighted by molar-refractivity contribution is 7.99. The SMILES string of the molecule is Cc1ccc(S(=O)(=O)N2CCCCC2)cc1NC(=O)CSc1nnnn1Cc1cccs1. The van der Waals surface area contributed by atoms with Crippen molar-refractivity contribution in [2.24, 2.45) is 0 Å². The lowest BCUT2D eigenvalue weighted by molar-refractivity contribution is -0.113. The maximum atomic E-state index is 13.0. The molecule has 0 aliphatic carbocycles. The Balaban J connectivity index is 1.40. The quantitative estimate of drug-likeness (QED) is 0.481. The number of thiophene rings is 1. The number of nitrogens with zero attached hydrogens (tertiary/aromatic N) is 5. The number of aryl methyl sites for hydroxylation is 1. The van der Waals surface area contributed by atoms with Gasteiger partial charge in [0.25, 0.3) is 0 Å². The van der Waals surface area contributed by atoms with Crippen LogP contribution in [0.25, 0.3) is 0 Å². The molecule has 12 heteroatoms. The topological polar surface area (TPSA) is 110 Å². The van der Waals surface area contributed by atoms with E-state index in [1.807, 2.05) is 24.4 Å². The number of aromatic nitrogens is 4. The average Bonchev–Trinajstić information content (AvgIpc) is 3.47. The Labute approximate surface area is 195 Å². The summed E-state index contributed by atoms with van der Waals surface area (Å²) in [6, 6.07) is 8.83. The molecule has 1 saturated heterocycles. The molecule has 1 N–H and O–H groups in total. The van der Waals surface area contributed by atoms with Gasteiger partial charge in [0.05, 0.1) is 17.2 Å². The molecule has 1 amide bonds. The van der Waals surface area contributed by atoms with Crippen molar-refractivity contribution in [3.8, 4) is 0 Å². The number of hydrogen-bond donors (Lipinski definition) is 1. The number of amides is 1. The molecular formula is C20H24N6O3S3. The Morgan fingerprint density at radius 1 is 1.22 bits per heavy atom. The third kappa shape index (κ3) is 5.37. The normalized spacial score (nSPS) is 15.0. The second kappa shape index (κ2) is 10.1. The number of thioether (sulfide) groups is 1. The summed E-state index contributed by atoms with van der Waals surface area (Å²) in [5.74, 6) is -0.149. The lowest BCUT2D eigenvalue weighted by Gasteiger charge is -2.26. The number of carbonyl (C=O) groups is 1. The molecule has 1 fully saturated rings. The summed E-state index contributed by atoms with van der Waals surface area (Å²) in [4.78, 5) is 13.9. The maximum Gasteiger partial charge on any atom is 0.243 e. The first kappa shape index (κ1) is 22.9. The number of benzene rings is 1. The molecule has 2 aromatic heterocycles. The van der Waals surface area contributed by atoms with E-state index in [9.17, 15) is 13.2 Å². The molecule has 1 aromatic carbocycles. The van der Waals surface area contributed by atoms with Gasteiger partial charge in [0.2, 0.25) is 21.1 Å². The van der Waals surface area contributed by atoms with E-state index >= 15 is 0 Å². The summed E-state index contributed by atoms with van der Waals surface area (Å²) < 4.78 is 29.1. The van der Waals surface area contributed by atoms with Crippen LogP contribution in [0.15, 0.2) is 45.8 Å². The van der Waals surface area contributed by atoms with E-state index in [4.69, 9.17) is 0 Å². The lowest BCUT2D eigenvalue weighted by Crippen LogP contribution is -2.35. The number of carbonyl (C=O) groups excluding carboxylic acids is 1. The zero-order valence-corrected chi connectivity index (χ0v) is 20.0. The van der Waals surface area contributed by atoms with Gasteiger partial charge < -0.3 is 5.32 Å². The Bertz CT molecular complexity index is 1170. The molecule has 170 valence electrons. The van der Waals surface area contributed by atoms with E-state index in [1.54, 1.807) is 34.2 Å². The molecule has 32 heavy (non-hydrogen) atoms. The van der Waals surface area contributed by atoms with Gasteiger partial charge in [-0.15, -0.1) is 16.4 Å². The fourth-order valence-corrected chi connectivity index (χ4v) is 6.32. The largest absolute Gasteiger partial charge is 0.325 e. The molecule has 0 unspecified atom stereocenters. The highest BCUT2D eigenvalue weighted by Crippen LogP contribution is 2.26. The maximum absolute atomic E-state index is 13.0. The molecule has 0 spiro atoms. The number of sulfonamides is 1. The van der Waals surface area contributed by atoms with E-state index in [1.165, 1.54) is 16.1 Å². The minimum Gasteiger partial charge on any atom is -0.325 e. The van der Waals surface area contributed by atoms with E-state index in [2.05, 4.69) is 20.8 Å². The van der Waals surface area contributed by atoms with Crippen LogP contribution in [0.5, 0.6) is 0 Å². The van der Waals surface area contributed by atoms with Crippen LogP contribution in [0.2, 0.25) is 0 Å². The van der Waals surface area contributed by atoms with Crippen LogP contribution in [-0.2, 0) is 21.4 Å². The second-order valence-corrected chi connectivity index (χ2v) is 11.4. The molecule has 1 aliphatic rings. The standard InChI is InChI=1S/C20H24N6O3S3/c1-15-7-8-17(32(28,29)25-9-3-2-4-10-25)12-18(15)21-19(27)14-31-20-22-23-24-26(20)13-16-6-5-11-30-16/h5-8,11-12H,2-4,9-10,13-14H2,1H3,(H,21,27). The second-order valence-electron chi connectivity index (χ2n) is 7.48. The molecule has 3 aromatic rings. The summed E-state index contributed by atoms with van der Waals surface area (Å²) in [6.07, 6.45) is 2.80. The van der Waals surface area contributed by atoms with Gasteiger partial charge >= 0.3 is 0 Å². The van der Waals surface area contributed by atoms with Crippen LogP contribution < -0.4 is 5.32 Å². The van der Waals surface area contributed by atoms with E-state index in [0.717, 1.165) is 29.7 Å². The van der Waals surface area contributed by atoms with Gasteiger partial charge in [-0.1, -0.05) is 30.3 Å². The third-order valence-corrected chi connectivity index (χ3v) is 8.87. The zero-order chi connectivity index (χ0) is 22.6. The van der Waals surface area contributed by atoms with Crippen LogP contribution in [0.3, 0.4) is 0 Å². The smallest absolute Gasteiger partial charge is 0.243 e. The summed E-state index contributed by atoms with van der Waals surface area (Å²) in [5, 5.41) is 17.1. The minimum absolute atomic E-state index is 0.105. The molecule has 1 aliphatic heterocycles. The third-order valence-electron chi connectivity index (χ3n) is 5.15. The number of anilines is 1. The zero-order valence-electron chi connectivity index (χ0n) is 17.6.